The van der Waals surface area contributed by atoms with E-state index in [-0.39, 0.29) is 11.7 Å². The van der Waals surface area contributed by atoms with Crippen molar-refractivity contribution in [2.24, 2.45) is 0 Å². The molecule has 0 N–H and O–H groups in total. The molecule has 0 aromatic carbocycles. The second kappa shape index (κ2) is 2.63. The molecule has 1 saturated carbocycles. The van der Waals surface area contributed by atoms with Gasteiger partial charge in [-0.3, -0.25) is 4.90 Å². The van der Waals surface area contributed by atoms with Crippen LogP contribution >= 0.6 is 0 Å². The molecule has 13 heavy (non-hydrogen) atoms. The number of hydrogen-bond donors (Lipinski definition) is 0. The lowest BCUT2D eigenvalue weighted by Gasteiger charge is -2.20. The molecule has 0 spiro atoms. The van der Waals surface area contributed by atoms with Crippen LogP contribution in [-0.4, -0.2) is 28.7 Å². The zero-order chi connectivity index (χ0) is 9.64. The van der Waals surface area contributed by atoms with E-state index in [1.54, 1.807) is 0 Å². The van der Waals surface area contributed by atoms with Crippen molar-refractivity contribution < 1.29 is 9.53 Å². The second-order valence-corrected chi connectivity index (χ2v) is 4.95. The molecular formula is C10H17NO2. The number of hydrogen-bond acceptors (Lipinski definition) is 2. The van der Waals surface area contributed by atoms with Crippen LogP contribution in [0, 0.1) is 0 Å². The third kappa shape index (κ3) is 1.64. The number of carbonyl (C=O) groups excluding carboxylic acids is 1. The Morgan fingerprint density at radius 3 is 2.31 bits per heavy atom. The Bertz CT molecular complexity index is 222. The fourth-order valence-corrected chi connectivity index (χ4v) is 2.12. The van der Waals surface area contributed by atoms with Crippen LogP contribution in [0.2, 0.25) is 0 Å². The Morgan fingerprint density at radius 1 is 1.31 bits per heavy atom. The van der Waals surface area contributed by atoms with Crippen molar-refractivity contribution in [3.8, 4) is 0 Å². The molecule has 3 nitrogen and oxygen atoms in total. The number of amides is 1. The highest BCUT2D eigenvalue weighted by Gasteiger charge is 2.54. The minimum atomic E-state index is -0.353. The lowest BCUT2D eigenvalue weighted by atomic mass is 10.2. The van der Waals surface area contributed by atoms with Gasteiger partial charge in [0.25, 0.3) is 0 Å². The van der Waals surface area contributed by atoms with Gasteiger partial charge in [0.2, 0.25) is 0 Å². The summed E-state index contributed by atoms with van der Waals surface area (Å²) >= 11 is 0. The number of fused-ring (bicyclic) bond motifs is 1. The molecule has 1 heterocycles. The van der Waals surface area contributed by atoms with Crippen LogP contribution in [0.1, 0.15) is 40.0 Å². The van der Waals surface area contributed by atoms with Gasteiger partial charge in [-0.2, -0.15) is 0 Å². The molecule has 0 radical (unpaired) electrons. The number of carbonyl (C=O) groups is 1. The summed E-state index contributed by atoms with van der Waals surface area (Å²) in [5.41, 5.74) is -0.353. The van der Waals surface area contributed by atoms with Crippen molar-refractivity contribution in [1.29, 1.82) is 0 Å². The summed E-state index contributed by atoms with van der Waals surface area (Å²) in [7, 11) is 0. The van der Waals surface area contributed by atoms with E-state index in [9.17, 15) is 4.79 Å². The van der Waals surface area contributed by atoms with Crippen molar-refractivity contribution in [2.75, 3.05) is 0 Å². The fraction of sp³-hybridized carbons (Fsp3) is 0.900. The average molecular weight is 183 g/mol. The molecule has 1 saturated heterocycles. The Hall–Kier alpha value is -0.730. The summed E-state index contributed by atoms with van der Waals surface area (Å²) in [5, 5.41) is 0. The first-order valence-electron chi connectivity index (χ1n) is 5.00. The van der Waals surface area contributed by atoms with E-state index in [1.165, 1.54) is 19.3 Å². The molecule has 0 aromatic heterocycles. The van der Waals surface area contributed by atoms with Crippen molar-refractivity contribution in [1.82, 2.24) is 4.90 Å². The van der Waals surface area contributed by atoms with Crippen molar-refractivity contribution >= 4 is 6.09 Å². The molecule has 1 amide bonds. The van der Waals surface area contributed by atoms with Gasteiger partial charge in [-0.15, -0.1) is 0 Å². The Kier molecular flexibility index (Phi) is 1.79. The maximum atomic E-state index is 11.5. The zero-order valence-corrected chi connectivity index (χ0v) is 8.54. The smallest absolute Gasteiger partial charge is 0.410 e. The quantitative estimate of drug-likeness (QED) is 0.538. The lowest BCUT2D eigenvalue weighted by molar-refractivity contribution is 0.0382. The summed E-state index contributed by atoms with van der Waals surface area (Å²) in [5.74, 6) is 0. The monoisotopic (exact) mass is 183 g/mol. The third-order valence-electron chi connectivity index (χ3n) is 2.67. The highest BCUT2D eigenvalue weighted by Crippen LogP contribution is 2.43. The van der Waals surface area contributed by atoms with E-state index in [2.05, 4.69) is 0 Å². The van der Waals surface area contributed by atoms with Gasteiger partial charge in [0.15, 0.2) is 0 Å². The molecular weight excluding hydrogens is 166 g/mol. The van der Waals surface area contributed by atoms with Gasteiger partial charge in [0, 0.05) is 0 Å². The van der Waals surface area contributed by atoms with Gasteiger partial charge >= 0.3 is 6.09 Å². The van der Waals surface area contributed by atoms with Gasteiger partial charge in [-0.25, -0.2) is 4.79 Å². The van der Waals surface area contributed by atoms with Crippen LogP contribution < -0.4 is 0 Å². The van der Waals surface area contributed by atoms with Crippen molar-refractivity contribution in [3.63, 3.8) is 0 Å². The van der Waals surface area contributed by atoms with E-state index in [0.717, 1.165) is 0 Å². The molecule has 2 atom stereocenters. The van der Waals surface area contributed by atoms with Crippen molar-refractivity contribution in [3.05, 3.63) is 0 Å². The Balaban J connectivity index is 1.87. The Labute approximate surface area is 79.0 Å². The van der Waals surface area contributed by atoms with Crippen LogP contribution in [0.25, 0.3) is 0 Å². The van der Waals surface area contributed by atoms with Gasteiger partial charge in [0.1, 0.15) is 5.60 Å². The number of piperidine rings is 1. The van der Waals surface area contributed by atoms with Crippen molar-refractivity contribution in [2.45, 2.75) is 57.7 Å². The summed E-state index contributed by atoms with van der Waals surface area (Å²) in [6.45, 7) is 5.72. The normalized spacial score (nSPS) is 31.5. The van der Waals surface area contributed by atoms with E-state index >= 15 is 0 Å². The SMILES string of the molecule is CC(C)(C)OC(=O)N1C2CCCC21. The predicted molar refractivity (Wildman–Crippen MR) is 49.5 cm³/mol. The molecule has 2 unspecified atom stereocenters. The standard InChI is InChI=1S/C10H17NO2/c1-10(2,3)13-9(12)11-7-5-4-6-8(7)11/h7-8H,4-6H2,1-3H3. The Morgan fingerprint density at radius 2 is 1.85 bits per heavy atom. The van der Waals surface area contributed by atoms with Gasteiger partial charge in [-0.05, 0) is 40.0 Å². The van der Waals surface area contributed by atoms with Crippen LogP contribution in [0.15, 0.2) is 0 Å². The van der Waals surface area contributed by atoms with Gasteiger partial charge in [0.05, 0.1) is 12.1 Å². The minimum Gasteiger partial charge on any atom is -0.444 e. The number of likely N-dealkylation sites (tertiary alicyclic amines) is 1. The largest absolute Gasteiger partial charge is 0.444 e. The zero-order valence-electron chi connectivity index (χ0n) is 8.54. The maximum Gasteiger partial charge on any atom is 0.410 e. The molecule has 0 bridgehead atoms. The first-order chi connectivity index (χ1) is 5.99. The molecule has 2 aliphatic rings. The number of rotatable bonds is 0. The average Bonchev–Trinajstić information content (AvgIpc) is 2.44. The minimum absolute atomic E-state index is 0.123. The second-order valence-electron chi connectivity index (χ2n) is 4.95. The lowest BCUT2D eigenvalue weighted by Crippen LogP contribution is -2.29. The molecule has 0 aromatic rings. The summed E-state index contributed by atoms with van der Waals surface area (Å²) in [4.78, 5) is 13.4. The van der Waals surface area contributed by atoms with E-state index < -0.39 is 0 Å². The van der Waals surface area contributed by atoms with E-state index in [0.29, 0.717) is 12.1 Å². The molecule has 3 heteroatoms. The first kappa shape index (κ1) is 8.85. The summed E-state index contributed by atoms with van der Waals surface area (Å²) < 4.78 is 5.28. The fourth-order valence-electron chi connectivity index (χ4n) is 2.12. The van der Waals surface area contributed by atoms with E-state index in [1.807, 2.05) is 25.7 Å². The van der Waals surface area contributed by atoms with Gasteiger partial charge < -0.3 is 4.74 Å². The van der Waals surface area contributed by atoms with Crippen LogP contribution in [-0.2, 0) is 4.74 Å². The van der Waals surface area contributed by atoms with E-state index in [4.69, 9.17) is 4.74 Å². The maximum absolute atomic E-state index is 11.5. The molecule has 74 valence electrons. The summed E-state index contributed by atoms with van der Waals surface area (Å²) in [6, 6.07) is 1.02. The first-order valence-corrected chi connectivity index (χ1v) is 5.00. The predicted octanol–water partition coefficient (Wildman–Crippen LogP) is 2.16. The van der Waals surface area contributed by atoms with Crippen LogP contribution in [0.5, 0.6) is 0 Å². The highest BCUT2D eigenvalue weighted by molar-refractivity contribution is 5.72. The molecule has 2 fully saturated rings. The molecule has 2 rings (SSSR count). The van der Waals surface area contributed by atoms with Crippen LogP contribution in [0.3, 0.4) is 0 Å². The van der Waals surface area contributed by atoms with Gasteiger partial charge in [-0.1, -0.05) is 0 Å². The number of nitrogens with zero attached hydrogens (tertiary/aromatic N) is 1. The molecule has 1 aliphatic heterocycles. The van der Waals surface area contributed by atoms with Crippen LogP contribution in [0.4, 0.5) is 4.79 Å². The molecule has 1 aliphatic carbocycles. The summed E-state index contributed by atoms with van der Waals surface area (Å²) in [6.07, 6.45) is 3.49. The third-order valence-corrected chi connectivity index (χ3v) is 2.67. The highest BCUT2D eigenvalue weighted by atomic mass is 16.6. The number of ether oxygens (including phenoxy) is 1. The topological polar surface area (TPSA) is 29.3 Å².